The van der Waals surface area contributed by atoms with E-state index in [1.165, 1.54) is 11.1 Å². The minimum atomic E-state index is 0.782. The van der Waals surface area contributed by atoms with Crippen LogP contribution in [0.25, 0.3) is 0 Å². The van der Waals surface area contributed by atoms with Gasteiger partial charge in [0.1, 0.15) is 0 Å². The van der Waals surface area contributed by atoms with Crippen molar-refractivity contribution < 1.29 is 0 Å². The largest absolute Gasteiger partial charge is 0.380 e. The standard InChI is InChI=1S/C15H15BrClN/c1-10-3-5-12(6-4-10)9-18-15-8-14(17)11(2)7-13(15)16/h3-8,18H,9H2,1-2H3. The second-order valence-corrected chi connectivity index (χ2v) is 5.68. The number of benzene rings is 2. The zero-order chi connectivity index (χ0) is 13.1. The molecule has 18 heavy (non-hydrogen) atoms. The molecule has 1 nitrogen and oxygen atoms in total. The number of aryl methyl sites for hydroxylation is 2. The van der Waals surface area contributed by atoms with Crippen LogP contribution in [0.3, 0.4) is 0 Å². The van der Waals surface area contributed by atoms with Crippen LogP contribution in [-0.4, -0.2) is 0 Å². The number of nitrogens with one attached hydrogen (secondary N) is 1. The van der Waals surface area contributed by atoms with Crippen molar-refractivity contribution in [1.82, 2.24) is 0 Å². The highest BCUT2D eigenvalue weighted by Gasteiger charge is 2.04. The molecule has 0 aliphatic heterocycles. The summed E-state index contributed by atoms with van der Waals surface area (Å²) < 4.78 is 1.04. The number of hydrogen-bond acceptors (Lipinski definition) is 1. The van der Waals surface area contributed by atoms with Crippen molar-refractivity contribution in [3.63, 3.8) is 0 Å². The lowest BCUT2D eigenvalue weighted by Crippen LogP contribution is -2.00. The summed E-state index contributed by atoms with van der Waals surface area (Å²) >= 11 is 9.67. The molecule has 0 bridgehead atoms. The van der Waals surface area contributed by atoms with Gasteiger partial charge in [0, 0.05) is 16.0 Å². The summed E-state index contributed by atoms with van der Waals surface area (Å²) in [4.78, 5) is 0. The molecule has 0 saturated carbocycles. The first-order valence-corrected chi connectivity index (χ1v) is 6.98. The molecule has 2 aromatic rings. The Morgan fingerprint density at radius 2 is 1.78 bits per heavy atom. The lowest BCUT2D eigenvalue weighted by atomic mass is 10.1. The smallest absolute Gasteiger partial charge is 0.0502 e. The maximum absolute atomic E-state index is 6.13. The van der Waals surface area contributed by atoms with Gasteiger partial charge in [0.2, 0.25) is 0 Å². The Morgan fingerprint density at radius 1 is 1.11 bits per heavy atom. The molecule has 0 aliphatic carbocycles. The molecule has 0 atom stereocenters. The molecule has 2 rings (SSSR count). The normalized spacial score (nSPS) is 10.4. The van der Waals surface area contributed by atoms with Crippen LogP contribution in [0.4, 0.5) is 5.69 Å². The molecule has 94 valence electrons. The molecule has 0 aromatic heterocycles. The van der Waals surface area contributed by atoms with E-state index in [1.54, 1.807) is 0 Å². The molecule has 0 unspecified atom stereocenters. The van der Waals surface area contributed by atoms with Gasteiger partial charge in [0.25, 0.3) is 0 Å². The van der Waals surface area contributed by atoms with Crippen molar-refractivity contribution in [3.8, 4) is 0 Å². The molecule has 0 aliphatic rings. The fourth-order valence-corrected chi connectivity index (χ4v) is 2.45. The minimum absolute atomic E-state index is 0.782. The van der Waals surface area contributed by atoms with E-state index in [4.69, 9.17) is 11.6 Å². The van der Waals surface area contributed by atoms with Gasteiger partial charge >= 0.3 is 0 Å². The predicted octanol–water partition coefficient (Wildman–Crippen LogP) is 5.33. The Balaban J connectivity index is 2.10. The molecule has 0 fully saturated rings. The average Bonchev–Trinajstić information content (AvgIpc) is 2.34. The van der Waals surface area contributed by atoms with Gasteiger partial charge in [0.05, 0.1) is 5.69 Å². The minimum Gasteiger partial charge on any atom is -0.380 e. The van der Waals surface area contributed by atoms with E-state index in [2.05, 4.69) is 52.4 Å². The molecule has 2 aromatic carbocycles. The Hall–Kier alpha value is -0.990. The maximum atomic E-state index is 6.13. The predicted molar refractivity (Wildman–Crippen MR) is 82.4 cm³/mol. The lowest BCUT2D eigenvalue weighted by molar-refractivity contribution is 1.14. The van der Waals surface area contributed by atoms with Crippen molar-refractivity contribution in [2.45, 2.75) is 20.4 Å². The van der Waals surface area contributed by atoms with Gasteiger partial charge in [-0.1, -0.05) is 41.4 Å². The third-order valence-corrected chi connectivity index (χ3v) is 3.92. The van der Waals surface area contributed by atoms with E-state index < -0.39 is 0 Å². The van der Waals surface area contributed by atoms with Crippen LogP contribution in [0.2, 0.25) is 5.02 Å². The first-order valence-electron chi connectivity index (χ1n) is 5.81. The quantitative estimate of drug-likeness (QED) is 0.804. The highest BCUT2D eigenvalue weighted by Crippen LogP contribution is 2.29. The van der Waals surface area contributed by atoms with Gasteiger partial charge in [-0.15, -0.1) is 0 Å². The van der Waals surface area contributed by atoms with Crippen molar-refractivity contribution in [2.24, 2.45) is 0 Å². The molecular weight excluding hydrogens is 310 g/mol. The summed E-state index contributed by atoms with van der Waals surface area (Å²) in [5.74, 6) is 0. The molecule has 0 heterocycles. The highest BCUT2D eigenvalue weighted by molar-refractivity contribution is 9.10. The third-order valence-electron chi connectivity index (χ3n) is 2.85. The Bertz CT molecular complexity index is 549. The molecule has 0 radical (unpaired) electrons. The SMILES string of the molecule is Cc1ccc(CNc2cc(Cl)c(C)cc2Br)cc1. The Kier molecular flexibility index (Phi) is 4.31. The van der Waals surface area contributed by atoms with Crippen LogP contribution < -0.4 is 5.32 Å². The number of hydrogen-bond donors (Lipinski definition) is 1. The van der Waals surface area contributed by atoms with E-state index in [9.17, 15) is 0 Å². The van der Waals surface area contributed by atoms with Crippen molar-refractivity contribution in [2.75, 3.05) is 5.32 Å². The van der Waals surface area contributed by atoms with Gasteiger partial charge < -0.3 is 5.32 Å². The average molecular weight is 325 g/mol. The van der Waals surface area contributed by atoms with Crippen LogP contribution in [0.15, 0.2) is 40.9 Å². The topological polar surface area (TPSA) is 12.0 Å². The van der Waals surface area contributed by atoms with E-state index >= 15 is 0 Å². The van der Waals surface area contributed by atoms with Gasteiger partial charge in [0.15, 0.2) is 0 Å². The first kappa shape index (κ1) is 13.4. The summed E-state index contributed by atoms with van der Waals surface area (Å²) in [7, 11) is 0. The number of rotatable bonds is 3. The second kappa shape index (κ2) is 5.77. The van der Waals surface area contributed by atoms with E-state index in [-0.39, 0.29) is 0 Å². The van der Waals surface area contributed by atoms with Crippen LogP contribution in [0.5, 0.6) is 0 Å². The van der Waals surface area contributed by atoms with E-state index in [0.29, 0.717) is 0 Å². The van der Waals surface area contributed by atoms with Crippen molar-refractivity contribution in [1.29, 1.82) is 0 Å². The summed E-state index contributed by atoms with van der Waals surface area (Å²) in [5.41, 5.74) is 4.62. The van der Waals surface area contributed by atoms with Crippen molar-refractivity contribution >= 4 is 33.2 Å². The number of anilines is 1. The Morgan fingerprint density at radius 3 is 2.44 bits per heavy atom. The zero-order valence-electron chi connectivity index (χ0n) is 10.4. The van der Waals surface area contributed by atoms with Gasteiger partial charge in [-0.25, -0.2) is 0 Å². The third kappa shape index (κ3) is 3.27. The van der Waals surface area contributed by atoms with Crippen LogP contribution in [-0.2, 0) is 6.54 Å². The van der Waals surface area contributed by atoms with Crippen LogP contribution in [0, 0.1) is 13.8 Å². The van der Waals surface area contributed by atoms with Crippen LogP contribution >= 0.6 is 27.5 Å². The molecule has 3 heteroatoms. The molecule has 1 N–H and O–H groups in total. The summed E-state index contributed by atoms with van der Waals surface area (Å²) in [6.07, 6.45) is 0. The van der Waals surface area contributed by atoms with Gasteiger partial charge in [-0.3, -0.25) is 0 Å². The molecular formula is C15H15BrClN. The highest BCUT2D eigenvalue weighted by atomic mass is 79.9. The van der Waals surface area contributed by atoms with Gasteiger partial charge in [-0.05, 0) is 53.0 Å². The first-order chi connectivity index (χ1) is 8.56. The summed E-state index contributed by atoms with van der Waals surface area (Å²) in [6.45, 7) is 4.88. The summed E-state index contributed by atoms with van der Waals surface area (Å²) in [5, 5.41) is 4.17. The monoisotopic (exact) mass is 323 g/mol. The van der Waals surface area contributed by atoms with E-state index in [1.807, 2.05) is 19.1 Å². The number of halogens is 2. The van der Waals surface area contributed by atoms with Crippen LogP contribution in [0.1, 0.15) is 16.7 Å². The second-order valence-electron chi connectivity index (χ2n) is 4.42. The molecule has 0 amide bonds. The Labute approximate surface area is 121 Å². The fraction of sp³-hybridized carbons (Fsp3) is 0.200. The lowest BCUT2D eigenvalue weighted by Gasteiger charge is -2.11. The summed E-state index contributed by atoms with van der Waals surface area (Å²) in [6, 6.07) is 12.5. The zero-order valence-corrected chi connectivity index (χ0v) is 12.8. The van der Waals surface area contributed by atoms with Gasteiger partial charge in [-0.2, -0.15) is 0 Å². The maximum Gasteiger partial charge on any atom is 0.0502 e. The molecule has 0 saturated heterocycles. The molecule has 0 spiro atoms. The fourth-order valence-electron chi connectivity index (χ4n) is 1.68. The van der Waals surface area contributed by atoms with E-state index in [0.717, 1.165) is 27.3 Å². The van der Waals surface area contributed by atoms with Crippen molar-refractivity contribution in [3.05, 3.63) is 62.6 Å².